The number of aromatic nitrogens is 1. The molecule has 5 rings (SSSR count). The normalized spacial score (nSPS) is 19.7. The molecule has 2 aromatic rings. The number of benzene rings is 1. The van der Waals surface area contributed by atoms with Crippen molar-refractivity contribution >= 4 is 27.7 Å². The van der Waals surface area contributed by atoms with E-state index in [2.05, 4.69) is 26.7 Å². The zero-order valence-electron chi connectivity index (χ0n) is 24.8. The highest BCUT2D eigenvalue weighted by atomic mass is 32.2. The van der Waals surface area contributed by atoms with E-state index in [-0.39, 0.29) is 5.03 Å². The molecule has 1 aliphatic heterocycles. The summed E-state index contributed by atoms with van der Waals surface area (Å²) in [5.74, 6) is 0.0537. The molecule has 1 saturated heterocycles. The lowest BCUT2D eigenvalue weighted by Crippen LogP contribution is -2.50. The van der Waals surface area contributed by atoms with E-state index in [1.165, 1.54) is 25.3 Å². The number of carbonyl (C=O) groups excluding carboxylic acids is 1. The minimum absolute atomic E-state index is 0.225. The fraction of sp³-hybridized carbons (Fsp3) is 0.581. The van der Waals surface area contributed by atoms with Crippen molar-refractivity contribution in [3.63, 3.8) is 0 Å². The second-order valence-corrected chi connectivity index (χ2v) is 14.3. The highest BCUT2D eigenvalue weighted by Gasteiger charge is 2.54. The highest BCUT2D eigenvalue weighted by Crippen LogP contribution is 2.45. The summed E-state index contributed by atoms with van der Waals surface area (Å²) in [5, 5.41) is 9.21. The Hall–Kier alpha value is -3.18. The quantitative estimate of drug-likeness (QED) is 0.416. The van der Waals surface area contributed by atoms with Crippen molar-refractivity contribution < 1.29 is 27.9 Å². The fourth-order valence-electron chi connectivity index (χ4n) is 5.94. The first kappa shape index (κ1) is 30.3. The van der Waals surface area contributed by atoms with E-state index in [0.717, 1.165) is 24.0 Å². The molecule has 0 bridgehead atoms. The number of sulfonamides is 1. The lowest BCUT2D eigenvalue weighted by Gasteiger charge is -2.38. The number of ether oxygens (including phenoxy) is 1. The fourth-order valence-corrected chi connectivity index (χ4v) is 6.95. The summed E-state index contributed by atoms with van der Waals surface area (Å²) in [6.07, 6.45) is 6.65. The van der Waals surface area contributed by atoms with Gasteiger partial charge in [0.05, 0.1) is 5.41 Å². The number of nitrogens with zero attached hydrogens (tertiary/aromatic N) is 3. The number of piperazine rings is 1. The number of carboxylic acid groups (broad SMARTS) is 1. The van der Waals surface area contributed by atoms with E-state index in [4.69, 9.17) is 4.74 Å². The minimum Gasteiger partial charge on any atom is -0.481 e. The first-order valence-corrected chi connectivity index (χ1v) is 16.4. The average molecular weight is 599 g/mol. The molecule has 0 atom stereocenters. The van der Waals surface area contributed by atoms with Crippen molar-refractivity contribution in [2.24, 2.45) is 5.41 Å². The summed E-state index contributed by atoms with van der Waals surface area (Å²) in [5.41, 5.74) is 0.0672. The number of pyridine rings is 1. The standard InChI is InChI=1S/C31H42N4O6S/c1-22-12-13-24(23-8-5-4-6-9-23)25(20-22)41-31(14-15-31)28(36)33-42(39,40)27-11-7-10-26(32-27)35-18-16-34(17-19-35)21-30(2,3)29(37)38/h7,10-13,20,23H,4-6,8-9,14-19,21H2,1-3H3,(H,33,36)(H,37,38). The van der Waals surface area contributed by atoms with E-state index in [1.807, 2.05) is 17.9 Å². The Morgan fingerprint density at radius 3 is 2.40 bits per heavy atom. The Labute approximate surface area is 248 Å². The van der Waals surface area contributed by atoms with Gasteiger partial charge in [0.15, 0.2) is 10.6 Å². The van der Waals surface area contributed by atoms with Crippen LogP contribution < -0.4 is 14.4 Å². The molecular formula is C31H42N4O6S. The summed E-state index contributed by atoms with van der Waals surface area (Å²) in [7, 11) is -4.23. The van der Waals surface area contributed by atoms with Crippen LogP contribution in [0.5, 0.6) is 5.75 Å². The maximum atomic E-state index is 13.4. The Morgan fingerprint density at radius 1 is 1.07 bits per heavy atom. The number of aliphatic carboxylic acids is 1. The molecule has 2 aliphatic carbocycles. The van der Waals surface area contributed by atoms with Crippen LogP contribution in [0.25, 0.3) is 0 Å². The molecule has 10 nitrogen and oxygen atoms in total. The van der Waals surface area contributed by atoms with Gasteiger partial charge >= 0.3 is 5.97 Å². The van der Waals surface area contributed by atoms with Crippen LogP contribution in [-0.2, 0) is 19.6 Å². The van der Waals surface area contributed by atoms with Crippen LogP contribution in [0.2, 0.25) is 0 Å². The van der Waals surface area contributed by atoms with Crippen LogP contribution in [0, 0.1) is 12.3 Å². The van der Waals surface area contributed by atoms with Gasteiger partial charge < -0.3 is 14.7 Å². The van der Waals surface area contributed by atoms with Crippen LogP contribution >= 0.6 is 0 Å². The van der Waals surface area contributed by atoms with Gasteiger partial charge in [-0.25, -0.2) is 9.71 Å². The van der Waals surface area contributed by atoms with Crippen LogP contribution in [0.4, 0.5) is 5.82 Å². The van der Waals surface area contributed by atoms with Crippen LogP contribution in [0.1, 0.15) is 75.8 Å². The molecule has 3 aliphatic rings. The van der Waals surface area contributed by atoms with Gasteiger partial charge in [0.1, 0.15) is 11.6 Å². The minimum atomic E-state index is -4.23. The zero-order valence-corrected chi connectivity index (χ0v) is 25.6. The smallest absolute Gasteiger partial charge is 0.310 e. The summed E-state index contributed by atoms with van der Waals surface area (Å²) < 4.78 is 35.2. The predicted octanol–water partition coefficient (Wildman–Crippen LogP) is 4.09. The van der Waals surface area contributed by atoms with Gasteiger partial charge in [-0.15, -0.1) is 0 Å². The van der Waals surface area contributed by atoms with E-state index in [9.17, 15) is 23.1 Å². The Balaban J connectivity index is 1.25. The largest absolute Gasteiger partial charge is 0.481 e. The van der Waals surface area contributed by atoms with E-state index in [1.54, 1.807) is 26.0 Å². The van der Waals surface area contributed by atoms with Crippen molar-refractivity contribution in [3.05, 3.63) is 47.5 Å². The highest BCUT2D eigenvalue weighted by molar-refractivity contribution is 7.90. The molecule has 42 heavy (non-hydrogen) atoms. The van der Waals surface area contributed by atoms with Crippen molar-refractivity contribution in [3.8, 4) is 5.75 Å². The monoisotopic (exact) mass is 598 g/mol. The van der Waals surface area contributed by atoms with Crippen molar-refractivity contribution in [1.29, 1.82) is 0 Å². The number of rotatable bonds is 10. The van der Waals surface area contributed by atoms with Gasteiger partial charge in [0.2, 0.25) is 0 Å². The van der Waals surface area contributed by atoms with Crippen molar-refractivity contribution in [2.45, 2.75) is 82.3 Å². The van der Waals surface area contributed by atoms with Crippen LogP contribution in [0.3, 0.4) is 0 Å². The molecule has 0 unspecified atom stereocenters. The first-order chi connectivity index (χ1) is 19.9. The molecule has 0 spiro atoms. The van der Waals surface area contributed by atoms with E-state index < -0.39 is 32.9 Å². The molecule has 1 amide bonds. The third-order valence-electron chi connectivity index (χ3n) is 8.74. The third-order valence-corrected chi connectivity index (χ3v) is 9.97. The van der Waals surface area contributed by atoms with Crippen LogP contribution in [-0.4, -0.2) is 73.6 Å². The summed E-state index contributed by atoms with van der Waals surface area (Å²) in [6.45, 7) is 8.25. The Bertz CT molecular complexity index is 1420. The topological polar surface area (TPSA) is 129 Å². The first-order valence-electron chi connectivity index (χ1n) is 14.9. The number of carbonyl (C=O) groups is 2. The van der Waals surface area contributed by atoms with E-state index in [0.29, 0.717) is 63.1 Å². The van der Waals surface area contributed by atoms with Gasteiger partial charge in [-0.1, -0.05) is 37.5 Å². The third kappa shape index (κ3) is 6.72. The van der Waals surface area contributed by atoms with Gasteiger partial charge in [0.25, 0.3) is 15.9 Å². The molecule has 3 fully saturated rings. The molecule has 2 N–H and O–H groups in total. The summed E-state index contributed by atoms with van der Waals surface area (Å²) in [6, 6.07) is 10.9. The Kier molecular flexibility index (Phi) is 8.53. The lowest BCUT2D eigenvalue weighted by molar-refractivity contribution is -0.148. The molecule has 11 heteroatoms. The summed E-state index contributed by atoms with van der Waals surface area (Å²) in [4.78, 5) is 33.3. The van der Waals surface area contributed by atoms with Gasteiger partial charge in [0, 0.05) is 45.6 Å². The van der Waals surface area contributed by atoms with Crippen molar-refractivity contribution in [1.82, 2.24) is 14.6 Å². The van der Waals surface area contributed by atoms with Crippen LogP contribution in [0.15, 0.2) is 41.4 Å². The molecule has 0 radical (unpaired) electrons. The Morgan fingerprint density at radius 2 is 1.76 bits per heavy atom. The number of carboxylic acids is 1. The zero-order chi connectivity index (χ0) is 30.1. The maximum Gasteiger partial charge on any atom is 0.310 e. The molecule has 1 aromatic carbocycles. The van der Waals surface area contributed by atoms with Gasteiger partial charge in [-0.2, -0.15) is 8.42 Å². The second kappa shape index (κ2) is 11.8. The van der Waals surface area contributed by atoms with Crippen molar-refractivity contribution in [2.75, 3.05) is 37.6 Å². The molecule has 2 saturated carbocycles. The number of anilines is 1. The lowest BCUT2D eigenvalue weighted by atomic mass is 9.83. The number of aryl methyl sites for hydroxylation is 1. The molecule has 228 valence electrons. The number of hydrogen-bond donors (Lipinski definition) is 2. The molecule has 2 heterocycles. The summed E-state index contributed by atoms with van der Waals surface area (Å²) >= 11 is 0. The predicted molar refractivity (Wildman–Crippen MR) is 159 cm³/mol. The second-order valence-electron chi connectivity index (χ2n) is 12.7. The average Bonchev–Trinajstić information content (AvgIpc) is 3.74. The number of amides is 1. The molecular weight excluding hydrogens is 556 g/mol. The van der Waals surface area contributed by atoms with E-state index >= 15 is 0 Å². The molecule has 1 aromatic heterocycles. The van der Waals surface area contributed by atoms with Gasteiger partial charge in [-0.3, -0.25) is 14.5 Å². The maximum absolute atomic E-state index is 13.4. The van der Waals surface area contributed by atoms with Gasteiger partial charge in [-0.05, 0) is 68.9 Å². The SMILES string of the molecule is Cc1ccc(C2CCCCC2)c(OC2(C(=O)NS(=O)(=O)c3cccc(N4CCN(CC(C)(C)C(=O)O)CC4)n3)CC2)c1. The number of hydrogen-bond acceptors (Lipinski definition) is 8. The number of nitrogens with one attached hydrogen (secondary N) is 1.